The minimum absolute atomic E-state index is 0.0422. The molecule has 2 atom stereocenters. The van der Waals surface area contributed by atoms with Crippen LogP contribution in [0.1, 0.15) is 30.1 Å². The Morgan fingerprint density at radius 3 is 2.83 bits per heavy atom. The fraction of sp³-hybridized carbons (Fsp3) is 0.368. The topological polar surface area (TPSA) is 154 Å². The Morgan fingerprint density at radius 2 is 2.14 bits per heavy atom. The standard InChI is InChI=1S/C19H25N7O3/c1-2-3-13(10-27)24-17(28)11-4-6-12(7-5-11)21-8-14-9-22-16-15(23-14)18(29)26-19(20)25-16/h4-7,10,13-14,21,23H,2-3,8-9H2,1H3,(H,24,28)(H4,20,22,25,26,29). The van der Waals surface area contributed by atoms with Crippen molar-refractivity contribution >= 4 is 35.3 Å². The van der Waals surface area contributed by atoms with Gasteiger partial charge in [0.2, 0.25) is 5.95 Å². The highest BCUT2D eigenvalue weighted by Gasteiger charge is 2.21. The van der Waals surface area contributed by atoms with Crippen LogP contribution in [0.25, 0.3) is 0 Å². The summed E-state index contributed by atoms with van der Waals surface area (Å²) >= 11 is 0. The molecule has 1 aromatic carbocycles. The smallest absolute Gasteiger partial charge is 0.277 e. The molecule has 154 valence electrons. The number of amides is 1. The highest BCUT2D eigenvalue weighted by Crippen LogP contribution is 2.20. The SMILES string of the molecule is CCCC(C=O)NC(=O)c1ccc(NCC2CNc3nc(N)[nH]c(=O)c3N2)cc1. The normalized spacial score (nSPS) is 16.0. The first-order valence-electron chi connectivity index (χ1n) is 9.50. The molecule has 0 saturated carbocycles. The molecule has 0 radical (unpaired) electrons. The fourth-order valence-corrected chi connectivity index (χ4v) is 3.07. The van der Waals surface area contributed by atoms with Gasteiger partial charge < -0.3 is 31.8 Å². The highest BCUT2D eigenvalue weighted by molar-refractivity contribution is 5.95. The van der Waals surface area contributed by atoms with Crippen molar-refractivity contribution < 1.29 is 9.59 Å². The van der Waals surface area contributed by atoms with Gasteiger partial charge in [-0.15, -0.1) is 0 Å². The molecule has 0 saturated heterocycles. The first kappa shape index (κ1) is 20.2. The predicted octanol–water partition coefficient (Wildman–Crippen LogP) is 0.768. The van der Waals surface area contributed by atoms with Crippen molar-refractivity contribution in [3.63, 3.8) is 0 Å². The van der Waals surface area contributed by atoms with Crippen LogP contribution in [-0.4, -0.2) is 47.3 Å². The summed E-state index contributed by atoms with van der Waals surface area (Å²) in [5.74, 6) is 0.232. The van der Waals surface area contributed by atoms with Crippen LogP contribution in [0.3, 0.4) is 0 Å². The van der Waals surface area contributed by atoms with E-state index in [0.29, 0.717) is 36.6 Å². The summed E-state index contributed by atoms with van der Waals surface area (Å²) in [5.41, 5.74) is 6.90. The lowest BCUT2D eigenvalue weighted by atomic mass is 10.1. The maximum Gasteiger partial charge on any atom is 0.277 e. The number of carbonyl (C=O) groups is 2. The molecule has 7 N–H and O–H groups in total. The highest BCUT2D eigenvalue weighted by atomic mass is 16.2. The van der Waals surface area contributed by atoms with Gasteiger partial charge in [-0.1, -0.05) is 13.3 Å². The Labute approximate surface area is 167 Å². The summed E-state index contributed by atoms with van der Waals surface area (Å²) in [5, 5.41) is 12.2. The Hall–Kier alpha value is -3.56. The lowest BCUT2D eigenvalue weighted by Gasteiger charge is -2.27. The second-order valence-corrected chi connectivity index (χ2v) is 6.86. The average molecular weight is 399 g/mol. The summed E-state index contributed by atoms with van der Waals surface area (Å²) in [4.78, 5) is 41.7. The van der Waals surface area contributed by atoms with Crippen molar-refractivity contribution in [2.45, 2.75) is 31.8 Å². The molecule has 1 aliphatic heterocycles. The van der Waals surface area contributed by atoms with E-state index in [1.54, 1.807) is 24.3 Å². The molecule has 2 aromatic rings. The van der Waals surface area contributed by atoms with Crippen molar-refractivity contribution in [2.75, 3.05) is 34.8 Å². The third kappa shape index (κ3) is 5.03. The van der Waals surface area contributed by atoms with E-state index < -0.39 is 6.04 Å². The van der Waals surface area contributed by atoms with Gasteiger partial charge in [-0.05, 0) is 30.7 Å². The molecule has 10 heteroatoms. The van der Waals surface area contributed by atoms with E-state index >= 15 is 0 Å². The summed E-state index contributed by atoms with van der Waals surface area (Å²) in [6, 6.07) is 6.48. The summed E-state index contributed by atoms with van der Waals surface area (Å²) in [7, 11) is 0. The number of benzene rings is 1. The second kappa shape index (κ2) is 9.09. The van der Waals surface area contributed by atoms with Crippen LogP contribution in [-0.2, 0) is 4.79 Å². The Kier molecular flexibility index (Phi) is 6.32. The quantitative estimate of drug-likeness (QED) is 0.356. The molecular weight excluding hydrogens is 374 g/mol. The lowest BCUT2D eigenvalue weighted by Crippen LogP contribution is -2.41. The van der Waals surface area contributed by atoms with Gasteiger partial charge in [0.15, 0.2) is 5.82 Å². The fourth-order valence-electron chi connectivity index (χ4n) is 3.07. The van der Waals surface area contributed by atoms with Gasteiger partial charge in [0.1, 0.15) is 12.0 Å². The number of hydrogen-bond donors (Lipinski definition) is 6. The molecule has 1 aromatic heterocycles. The van der Waals surface area contributed by atoms with Gasteiger partial charge in [-0.25, -0.2) is 0 Å². The number of H-pyrrole nitrogens is 1. The van der Waals surface area contributed by atoms with Crippen molar-refractivity contribution in [1.29, 1.82) is 0 Å². The maximum atomic E-state index is 12.2. The zero-order valence-electron chi connectivity index (χ0n) is 16.1. The number of nitrogens with two attached hydrogens (primary N) is 1. The number of rotatable bonds is 8. The summed E-state index contributed by atoms with van der Waals surface area (Å²) in [6.07, 6.45) is 2.19. The molecule has 1 aliphatic rings. The van der Waals surface area contributed by atoms with Gasteiger partial charge in [-0.3, -0.25) is 14.6 Å². The predicted molar refractivity (Wildman–Crippen MR) is 112 cm³/mol. The molecule has 2 heterocycles. The monoisotopic (exact) mass is 399 g/mol. The number of hydrogen-bond acceptors (Lipinski definition) is 8. The van der Waals surface area contributed by atoms with E-state index in [1.165, 1.54) is 0 Å². The molecule has 29 heavy (non-hydrogen) atoms. The number of carbonyl (C=O) groups excluding carboxylic acids is 2. The third-order valence-electron chi connectivity index (χ3n) is 4.58. The number of aromatic amines is 1. The van der Waals surface area contributed by atoms with Gasteiger partial charge in [0.25, 0.3) is 11.5 Å². The van der Waals surface area contributed by atoms with Crippen LogP contribution >= 0.6 is 0 Å². The molecule has 3 rings (SSSR count). The van der Waals surface area contributed by atoms with E-state index in [9.17, 15) is 14.4 Å². The van der Waals surface area contributed by atoms with Crippen LogP contribution in [0, 0.1) is 0 Å². The van der Waals surface area contributed by atoms with E-state index in [2.05, 4.69) is 31.2 Å². The first-order valence-corrected chi connectivity index (χ1v) is 9.50. The number of anilines is 4. The number of fused-ring (bicyclic) bond motifs is 1. The molecular formula is C19H25N7O3. The summed E-state index contributed by atoms with van der Waals surface area (Å²) in [6.45, 7) is 3.08. The van der Waals surface area contributed by atoms with Crippen molar-refractivity contribution in [3.05, 3.63) is 40.2 Å². The first-order chi connectivity index (χ1) is 14.0. The Balaban J connectivity index is 1.55. The number of nitrogens with one attached hydrogen (secondary N) is 5. The van der Waals surface area contributed by atoms with Gasteiger partial charge in [0.05, 0.1) is 12.1 Å². The number of nitrogen functional groups attached to an aromatic ring is 1. The Morgan fingerprint density at radius 1 is 1.38 bits per heavy atom. The van der Waals surface area contributed by atoms with Crippen LogP contribution < -0.4 is 32.6 Å². The number of nitrogens with zero attached hydrogens (tertiary/aromatic N) is 1. The molecule has 10 nitrogen and oxygen atoms in total. The molecule has 0 fully saturated rings. The molecule has 2 unspecified atom stereocenters. The third-order valence-corrected chi connectivity index (χ3v) is 4.58. The Bertz CT molecular complexity index is 926. The second-order valence-electron chi connectivity index (χ2n) is 6.86. The lowest BCUT2D eigenvalue weighted by molar-refractivity contribution is -0.109. The van der Waals surface area contributed by atoms with E-state index in [-0.39, 0.29) is 23.5 Å². The van der Waals surface area contributed by atoms with E-state index in [0.717, 1.165) is 18.4 Å². The van der Waals surface area contributed by atoms with E-state index in [4.69, 9.17) is 5.73 Å². The molecule has 0 spiro atoms. The van der Waals surface area contributed by atoms with E-state index in [1.807, 2.05) is 6.92 Å². The average Bonchev–Trinajstić information content (AvgIpc) is 2.72. The number of aldehydes is 1. The van der Waals surface area contributed by atoms with Crippen LogP contribution in [0.5, 0.6) is 0 Å². The van der Waals surface area contributed by atoms with Crippen molar-refractivity contribution in [2.24, 2.45) is 0 Å². The maximum absolute atomic E-state index is 12.2. The van der Waals surface area contributed by atoms with Gasteiger partial charge >= 0.3 is 0 Å². The molecule has 0 bridgehead atoms. The van der Waals surface area contributed by atoms with Gasteiger partial charge in [0, 0.05) is 24.3 Å². The van der Waals surface area contributed by atoms with Gasteiger partial charge in [-0.2, -0.15) is 4.98 Å². The minimum atomic E-state index is -0.467. The van der Waals surface area contributed by atoms with Crippen LogP contribution in [0.2, 0.25) is 0 Å². The summed E-state index contributed by atoms with van der Waals surface area (Å²) < 4.78 is 0. The van der Waals surface area contributed by atoms with Crippen molar-refractivity contribution in [3.8, 4) is 0 Å². The largest absolute Gasteiger partial charge is 0.383 e. The zero-order valence-corrected chi connectivity index (χ0v) is 16.1. The van der Waals surface area contributed by atoms with Crippen molar-refractivity contribution in [1.82, 2.24) is 15.3 Å². The van der Waals surface area contributed by atoms with Crippen LogP contribution in [0.4, 0.5) is 23.1 Å². The molecule has 1 amide bonds. The minimum Gasteiger partial charge on any atom is -0.383 e. The molecule has 0 aliphatic carbocycles. The zero-order chi connectivity index (χ0) is 20.8. The van der Waals surface area contributed by atoms with Crippen LogP contribution in [0.15, 0.2) is 29.1 Å². The number of aromatic nitrogens is 2.